The molecule has 1 aromatic carbocycles. The molecule has 0 bridgehead atoms. The molecule has 2 heterocycles. The van der Waals surface area contributed by atoms with Crippen molar-refractivity contribution >= 4 is 38.6 Å². The van der Waals surface area contributed by atoms with Crippen molar-refractivity contribution in [3.8, 4) is 0 Å². The number of nitrogens with zero attached hydrogens (tertiary/aromatic N) is 2. The molecule has 4 atom stereocenters. The summed E-state index contributed by atoms with van der Waals surface area (Å²) in [7, 11) is 0. The van der Waals surface area contributed by atoms with Crippen molar-refractivity contribution in [2.24, 2.45) is 0 Å². The van der Waals surface area contributed by atoms with E-state index in [9.17, 15) is 15.3 Å². The molecule has 21 heavy (non-hydrogen) atoms. The van der Waals surface area contributed by atoms with Gasteiger partial charge in [-0.25, -0.2) is 4.98 Å². The first-order chi connectivity index (χ1) is 9.90. The lowest BCUT2D eigenvalue weighted by molar-refractivity contribution is -0.210. The van der Waals surface area contributed by atoms with Crippen LogP contribution in [0.4, 0.5) is 0 Å². The summed E-state index contributed by atoms with van der Waals surface area (Å²) < 4.78 is 7.56. The number of hydrogen-bond donors (Lipinski definition) is 3. The maximum Gasteiger partial charge on any atom is 0.180 e. The highest BCUT2D eigenvalue weighted by atomic mass is 79.9. The van der Waals surface area contributed by atoms with E-state index < -0.39 is 24.5 Å². The third kappa shape index (κ3) is 2.48. The SMILES string of the molecule is Cc1cc2c(cc1Cl)nc(Br)n2[C@@H]1OC[C@@H](O)[C@@H](O)[C@H]1O. The second-order valence-electron chi connectivity index (χ2n) is 5.11. The van der Waals surface area contributed by atoms with Gasteiger partial charge in [-0.1, -0.05) is 11.6 Å². The van der Waals surface area contributed by atoms with E-state index in [-0.39, 0.29) is 6.61 Å². The highest BCUT2D eigenvalue weighted by Crippen LogP contribution is 2.33. The maximum absolute atomic E-state index is 10.2. The lowest BCUT2D eigenvalue weighted by Gasteiger charge is -2.36. The van der Waals surface area contributed by atoms with Gasteiger partial charge in [-0.15, -0.1) is 0 Å². The van der Waals surface area contributed by atoms with Gasteiger partial charge in [-0.05, 0) is 40.5 Å². The monoisotopic (exact) mass is 376 g/mol. The van der Waals surface area contributed by atoms with E-state index in [1.165, 1.54) is 0 Å². The third-order valence-corrected chi connectivity index (χ3v) is 4.62. The predicted molar refractivity (Wildman–Crippen MR) is 80.2 cm³/mol. The van der Waals surface area contributed by atoms with Gasteiger partial charge in [0.2, 0.25) is 0 Å². The summed E-state index contributed by atoms with van der Waals surface area (Å²) in [4.78, 5) is 4.33. The Hall–Kier alpha value is -0.700. The van der Waals surface area contributed by atoms with Gasteiger partial charge in [-0.3, -0.25) is 4.57 Å². The van der Waals surface area contributed by atoms with Gasteiger partial charge < -0.3 is 20.1 Å². The summed E-state index contributed by atoms with van der Waals surface area (Å²) >= 11 is 9.42. The highest BCUT2D eigenvalue weighted by Gasteiger charge is 2.39. The van der Waals surface area contributed by atoms with Crippen molar-refractivity contribution in [3.63, 3.8) is 0 Å². The summed E-state index contributed by atoms with van der Waals surface area (Å²) in [5.41, 5.74) is 2.23. The Morgan fingerprint density at radius 1 is 1.33 bits per heavy atom. The molecule has 0 radical (unpaired) electrons. The van der Waals surface area contributed by atoms with Crippen LogP contribution in [0.3, 0.4) is 0 Å². The van der Waals surface area contributed by atoms with Crippen LogP contribution in [0.15, 0.2) is 16.9 Å². The molecule has 3 N–H and O–H groups in total. The number of fused-ring (bicyclic) bond motifs is 1. The molecule has 6 nitrogen and oxygen atoms in total. The fraction of sp³-hybridized carbons (Fsp3) is 0.462. The van der Waals surface area contributed by atoms with E-state index in [0.717, 1.165) is 11.1 Å². The molecule has 0 unspecified atom stereocenters. The van der Waals surface area contributed by atoms with Crippen molar-refractivity contribution in [1.82, 2.24) is 9.55 Å². The number of benzene rings is 1. The molecule has 1 saturated heterocycles. The molecular weight excluding hydrogens is 364 g/mol. The van der Waals surface area contributed by atoms with Crippen LogP contribution in [0.5, 0.6) is 0 Å². The third-order valence-electron chi connectivity index (χ3n) is 3.66. The molecule has 1 aromatic heterocycles. The minimum Gasteiger partial charge on any atom is -0.388 e. The van der Waals surface area contributed by atoms with Crippen LogP contribution < -0.4 is 0 Å². The van der Waals surface area contributed by atoms with Gasteiger partial charge in [0.25, 0.3) is 0 Å². The first kappa shape index (κ1) is 15.2. The average molecular weight is 378 g/mol. The second-order valence-corrected chi connectivity index (χ2v) is 6.23. The number of aryl methyl sites for hydroxylation is 1. The molecule has 0 saturated carbocycles. The molecule has 1 fully saturated rings. The quantitative estimate of drug-likeness (QED) is 0.699. The number of hydrogen-bond acceptors (Lipinski definition) is 5. The van der Waals surface area contributed by atoms with E-state index in [1.807, 2.05) is 13.0 Å². The minimum atomic E-state index is -1.28. The zero-order chi connectivity index (χ0) is 15.3. The lowest BCUT2D eigenvalue weighted by Crippen LogP contribution is -2.50. The van der Waals surface area contributed by atoms with Crippen molar-refractivity contribution < 1.29 is 20.1 Å². The molecule has 3 rings (SSSR count). The van der Waals surface area contributed by atoms with E-state index >= 15 is 0 Å². The Kier molecular flexibility index (Phi) is 3.98. The molecular formula is C13H14BrClN2O4. The summed E-state index contributed by atoms with van der Waals surface area (Å²) in [6.45, 7) is 1.80. The number of imidazole rings is 1. The Morgan fingerprint density at radius 3 is 2.76 bits per heavy atom. The van der Waals surface area contributed by atoms with E-state index in [4.69, 9.17) is 16.3 Å². The maximum atomic E-state index is 10.2. The lowest BCUT2D eigenvalue weighted by atomic mass is 10.0. The molecule has 8 heteroatoms. The predicted octanol–water partition coefficient (Wildman–Crippen LogP) is 1.37. The van der Waals surface area contributed by atoms with Crippen molar-refractivity contribution in [1.29, 1.82) is 0 Å². The summed E-state index contributed by atoms with van der Waals surface area (Å²) in [5.74, 6) is 0. The van der Waals surface area contributed by atoms with Crippen LogP contribution in [-0.2, 0) is 4.74 Å². The van der Waals surface area contributed by atoms with Gasteiger partial charge >= 0.3 is 0 Å². The number of aliphatic hydroxyl groups excluding tert-OH is 3. The molecule has 1 aliphatic rings. The molecule has 0 amide bonds. The highest BCUT2D eigenvalue weighted by molar-refractivity contribution is 9.10. The van der Waals surface area contributed by atoms with Crippen molar-refractivity contribution in [2.45, 2.75) is 31.5 Å². The van der Waals surface area contributed by atoms with Crippen LogP contribution in [-0.4, -0.2) is 49.8 Å². The number of halogens is 2. The second kappa shape index (κ2) is 5.49. The molecule has 114 valence electrons. The largest absolute Gasteiger partial charge is 0.388 e. The van der Waals surface area contributed by atoms with Crippen molar-refractivity contribution in [3.05, 3.63) is 27.5 Å². The van der Waals surface area contributed by atoms with Crippen LogP contribution in [0, 0.1) is 6.92 Å². The molecule has 2 aromatic rings. The number of ether oxygens (including phenoxy) is 1. The zero-order valence-electron chi connectivity index (χ0n) is 11.1. The van der Waals surface area contributed by atoms with E-state index in [0.29, 0.717) is 15.3 Å². The Bertz CT molecular complexity index is 692. The first-order valence-electron chi connectivity index (χ1n) is 6.39. The van der Waals surface area contributed by atoms with Gasteiger partial charge in [-0.2, -0.15) is 0 Å². The fourth-order valence-corrected chi connectivity index (χ4v) is 3.19. The van der Waals surface area contributed by atoms with Gasteiger partial charge in [0, 0.05) is 5.02 Å². The van der Waals surface area contributed by atoms with Crippen LogP contribution in [0.2, 0.25) is 5.02 Å². The van der Waals surface area contributed by atoms with Gasteiger partial charge in [0.15, 0.2) is 11.0 Å². The van der Waals surface area contributed by atoms with E-state index in [1.54, 1.807) is 10.6 Å². The number of rotatable bonds is 1. The number of aliphatic hydroxyl groups is 3. The molecule has 0 aliphatic carbocycles. The summed E-state index contributed by atoms with van der Waals surface area (Å²) in [6.07, 6.45) is -4.50. The molecule has 1 aliphatic heterocycles. The van der Waals surface area contributed by atoms with Crippen LogP contribution in [0.1, 0.15) is 11.8 Å². The van der Waals surface area contributed by atoms with Gasteiger partial charge in [0.1, 0.15) is 18.3 Å². The summed E-state index contributed by atoms with van der Waals surface area (Å²) in [5, 5.41) is 30.1. The normalized spacial score (nSPS) is 30.0. The first-order valence-corrected chi connectivity index (χ1v) is 7.56. The standard InChI is InChI=1S/C13H14BrClN2O4/c1-5-2-8-7(3-6(5)15)16-13(14)17(8)12-11(20)10(19)9(18)4-21-12/h2-3,9-12,18-20H,4H2,1H3/t9-,10-,11-,12-/m1/s1. The average Bonchev–Trinajstić information content (AvgIpc) is 2.73. The Balaban J connectivity index is 2.12. The number of aromatic nitrogens is 2. The van der Waals surface area contributed by atoms with Crippen LogP contribution in [0.25, 0.3) is 11.0 Å². The molecule has 0 spiro atoms. The zero-order valence-corrected chi connectivity index (χ0v) is 13.4. The van der Waals surface area contributed by atoms with Crippen LogP contribution >= 0.6 is 27.5 Å². The fourth-order valence-electron chi connectivity index (χ4n) is 2.45. The topological polar surface area (TPSA) is 87.7 Å². The smallest absolute Gasteiger partial charge is 0.180 e. The minimum absolute atomic E-state index is 0.0679. The Morgan fingerprint density at radius 2 is 2.05 bits per heavy atom. The summed E-state index contributed by atoms with van der Waals surface area (Å²) in [6, 6.07) is 3.57. The Labute approximate surface area is 134 Å². The van der Waals surface area contributed by atoms with Gasteiger partial charge in [0.05, 0.1) is 17.6 Å². The van der Waals surface area contributed by atoms with Crippen molar-refractivity contribution in [2.75, 3.05) is 6.61 Å². The van der Waals surface area contributed by atoms with E-state index in [2.05, 4.69) is 20.9 Å².